The van der Waals surface area contributed by atoms with Crippen LogP contribution in [0.2, 0.25) is 0 Å². The molecule has 0 saturated heterocycles. The van der Waals surface area contributed by atoms with E-state index in [0.717, 1.165) is 16.5 Å². The third-order valence-corrected chi connectivity index (χ3v) is 3.18. The summed E-state index contributed by atoms with van der Waals surface area (Å²) >= 11 is 0. The molecule has 3 rings (SSSR count). The van der Waals surface area contributed by atoms with E-state index in [1.165, 1.54) is 7.11 Å². The van der Waals surface area contributed by atoms with Crippen molar-refractivity contribution < 1.29 is 9.53 Å². The first-order chi connectivity index (χ1) is 10.1. The molecule has 0 amide bonds. The van der Waals surface area contributed by atoms with Gasteiger partial charge in [-0.05, 0) is 17.7 Å². The Morgan fingerprint density at radius 3 is 2.81 bits per heavy atom. The molecule has 0 unspecified atom stereocenters. The number of anilines is 2. The molecule has 1 aromatic carbocycles. The highest BCUT2D eigenvalue weighted by Crippen LogP contribution is 2.27. The van der Waals surface area contributed by atoms with Gasteiger partial charge in [-0.3, -0.25) is 0 Å². The van der Waals surface area contributed by atoms with Crippen LogP contribution in [-0.2, 0) is 4.74 Å². The number of hydrogen-bond acceptors (Lipinski definition) is 6. The minimum absolute atomic E-state index is 0.130. The van der Waals surface area contributed by atoms with Crippen molar-refractivity contribution in [3.05, 3.63) is 36.2 Å². The Morgan fingerprint density at radius 2 is 2.10 bits per heavy atom. The van der Waals surface area contributed by atoms with Crippen molar-refractivity contribution in [2.75, 3.05) is 18.6 Å². The van der Waals surface area contributed by atoms with Crippen molar-refractivity contribution in [2.24, 2.45) is 0 Å². The van der Waals surface area contributed by atoms with Gasteiger partial charge in [0.25, 0.3) is 0 Å². The highest BCUT2D eigenvalue weighted by Gasteiger charge is 2.11. The fraction of sp³-hybridized carbons (Fsp3) is 0.0714. The zero-order valence-electron chi connectivity index (χ0n) is 11.3. The van der Waals surface area contributed by atoms with Crippen LogP contribution < -0.4 is 11.5 Å². The van der Waals surface area contributed by atoms with E-state index in [1.54, 1.807) is 12.3 Å². The van der Waals surface area contributed by atoms with Gasteiger partial charge < -0.3 is 21.2 Å². The lowest BCUT2D eigenvalue weighted by molar-refractivity contribution is 0.0595. The zero-order valence-corrected chi connectivity index (χ0v) is 11.3. The molecule has 7 heteroatoms. The van der Waals surface area contributed by atoms with E-state index in [4.69, 9.17) is 11.5 Å². The molecule has 106 valence electrons. The van der Waals surface area contributed by atoms with Crippen LogP contribution in [0.4, 0.5) is 11.8 Å². The summed E-state index contributed by atoms with van der Waals surface area (Å²) in [6.45, 7) is 0. The smallest absolute Gasteiger partial charge is 0.354 e. The number of H-pyrrole nitrogens is 1. The number of rotatable bonds is 2. The van der Waals surface area contributed by atoms with Gasteiger partial charge in [-0.1, -0.05) is 12.1 Å². The molecule has 0 fully saturated rings. The lowest BCUT2D eigenvalue weighted by atomic mass is 10.1. The van der Waals surface area contributed by atoms with Gasteiger partial charge in [0.2, 0.25) is 5.95 Å². The molecule has 0 aliphatic rings. The van der Waals surface area contributed by atoms with E-state index in [9.17, 15) is 4.79 Å². The van der Waals surface area contributed by atoms with Gasteiger partial charge >= 0.3 is 5.97 Å². The number of methoxy groups -OCH3 is 1. The Morgan fingerprint density at radius 1 is 1.29 bits per heavy atom. The first-order valence-electron chi connectivity index (χ1n) is 6.18. The van der Waals surface area contributed by atoms with Crippen LogP contribution in [0.15, 0.2) is 30.5 Å². The number of carbonyl (C=O) groups is 1. The van der Waals surface area contributed by atoms with Gasteiger partial charge in [0.15, 0.2) is 0 Å². The number of nitrogens with two attached hydrogens (primary N) is 2. The van der Waals surface area contributed by atoms with E-state index in [2.05, 4.69) is 19.7 Å². The van der Waals surface area contributed by atoms with Gasteiger partial charge in [0.05, 0.1) is 7.11 Å². The molecule has 7 nitrogen and oxygen atoms in total. The normalized spacial score (nSPS) is 10.7. The zero-order chi connectivity index (χ0) is 15.0. The van der Waals surface area contributed by atoms with E-state index >= 15 is 0 Å². The summed E-state index contributed by atoms with van der Waals surface area (Å²) < 4.78 is 4.69. The van der Waals surface area contributed by atoms with E-state index in [0.29, 0.717) is 17.1 Å². The van der Waals surface area contributed by atoms with Gasteiger partial charge in [0, 0.05) is 22.7 Å². The van der Waals surface area contributed by atoms with Gasteiger partial charge in [-0.15, -0.1) is 0 Å². The Kier molecular flexibility index (Phi) is 2.94. The summed E-state index contributed by atoms with van der Waals surface area (Å²) in [6.07, 6.45) is 1.57. The summed E-state index contributed by atoms with van der Waals surface area (Å²) in [4.78, 5) is 22.4. The van der Waals surface area contributed by atoms with Crippen molar-refractivity contribution in [3.8, 4) is 11.1 Å². The van der Waals surface area contributed by atoms with Crippen LogP contribution in [0.1, 0.15) is 10.5 Å². The third-order valence-electron chi connectivity index (χ3n) is 3.18. The summed E-state index contributed by atoms with van der Waals surface area (Å²) in [5.41, 5.74) is 14.0. The van der Waals surface area contributed by atoms with Crippen LogP contribution in [0.5, 0.6) is 0 Å². The van der Waals surface area contributed by atoms with Crippen molar-refractivity contribution in [3.63, 3.8) is 0 Å². The van der Waals surface area contributed by atoms with Gasteiger partial charge in [0.1, 0.15) is 11.5 Å². The molecule has 0 radical (unpaired) electrons. The second kappa shape index (κ2) is 4.78. The quantitative estimate of drug-likeness (QED) is 0.614. The predicted octanol–water partition coefficient (Wildman–Crippen LogP) is 1.58. The van der Waals surface area contributed by atoms with Crippen LogP contribution in [-0.4, -0.2) is 28.0 Å². The minimum Gasteiger partial charge on any atom is -0.464 e. The molecule has 0 saturated carbocycles. The number of aromatic nitrogens is 3. The van der Waals surface area contributed by atoms with Crippen LogP contribution in [0.3, 0.4) is 0 Å². The minimum atomic E-state index is -0.414. The van der Waals surface area contributed by atoms with Crippen LogP contribution in [0, 0.1) is 0 Å². The molecule has 0 aliphatic heterocycles. The first kappa shape index (κ1) is 12.9. The number of nitrogen functional groups attached to an aromatic ring is 2. The van der Waals surface area contributed by atoms with E-state index in [-0.39, 0.29) is 5.95 Å². The van der Waals surface area contributed by atoms with Crippen molar-refractivity contribution in [1.82, 2.24) is 15.0 Å². The predicted molar refractivity (Wildman–Crippen MR) is 79.5 cm³/mol. The maximum Gasteiger partial charge on any atom is 0.354 e. The summed E-state index contributed by atoms with van der Waals surface area (Å²) in [7, 11) is 1.34. The van der Waals surface area contributed by atoms with E-state index in [1.807, 2.05) is 18.2 Å². The lowest BCUT2D eigenvalue weighted by Crippen LogP contribution is -2.01. The Hall–Kier alpha value is -3.09. The fourth-order valence-corrected chi connectivity index (χ4v) is 2.15. The molecule has 2 aromatic heterocycles. The molecule has 0 atom stereocenters. The van der Waals surface area contributed by atoms with Crippen molar-refractivity contribution in [2.45, 2.75) is 0 Å². The summed E-state index contributed by atoms with van der Waals surface area (Å²) in [6, 6.07) is 7.35. The average Bonchev–Trinajstić information content (AvgIpc) is 2.89. The van der Waals surface area contributed by atoms with Crippen molar-refractivity contribution in [1.29, 1.82) is 0 Å². The number of benzene rings is 1. The Balaban J connectivity index is 2.10. The largest absolute Gasteiger partial charge is 0.464 e. The second-order valence-corrected chi connectivity index (χ2v) is 4.50. The highest BCUT2D eigenvalue weighted by atomic mass is 16.5. The first-order valence-corrected chi connectivity index (χ1v) is 6.18. The SMILES string of the molecule is COC(=O)c1cc2ccc(-c3cnc(N)nc3N)cc2[nH]1. The Labute approximate surface area is 120 Å². The number of esters is 1. The number of fused-ring (bicyclic) bond motifs is 1. The molecule has 3 aromatic rings. The summed E-state index contributed by atoms with van der Waals surface area (Å²) in [5.74, 6) is 0.0230. The monoisotopic (exact) mass is 283 g/mol. The van der Waals surface area contributed by atoms with Gasteiger partial charge in [-0.2, -0.15) is 4.98 Å². The van der Waals surface area contributed by atoms with Crippen molar-refractivity contribution >= 4 is 28.6 Å². The second-order valence-electron chi connectivity index (χ2n) is 4.50. The third kappa shape index (κ3) is 2.25. The highest BCUT2D eigenvalue weighted by molar-refractivity contribution is 5.96. The Bertz CT molecular complexity index is 840. The molecule has 2 heterocycles. The maximum absolute atomic E-state index is 11.5. The number of hydrogen-bond donors (Lipinski definition) is 3. The van der Waals surface area contributed by atoms with Crippen LogP contribution in [0.25, 0.3) is 22.0 Å². The molecule has 0 spiro atoms. The summed E-state index contributed by atoms with van der Waals surface area (Å²) in [5, 5.41) is 0.897. The number of carbonyl (C=O) groups excluding carboxylic acids is 1. The molecule has 0 aliphatic carbocycles. The molecular formula is C14H13N5O2. The molecule has 5 N–H and O–H groups in total. The number of aromatic amines is 1. The number of ether oxygens (including phenoxy) is 1. The standard InChI is InChI=1S/C14H13N5O2/c1-21-13(20)11-5-8-3-2-7(4-10(8)18-11)9-6-17-14(16)19-12(9)15/h2-6,18H,1H3,(H4,15,16,17,19). The maximum atomic E-state index is 11.5. The van der Waals surface area contributed by atoms with E-state index < -0.39 is 5.97 Å². The number of nitrogens with zero attached hydrogens (tertiary/aromatic N) is 2. The van der Waals surface area contributed by atoms with Crippen LogP contribution >= 0.6 is 0 Å². The lowest BCUT2D eigenvalue weighted by Gasteiger charge is -2.05. The fourth-order valence-electron chi connectivity index (χ4n) is 2.15. The molecule has 0 bridgehead atoms. The number of nitrogens with one attached hydrogen (secondary N) is 1. The molecule has 21 heavy (non-hydrogen) atoms. The van der Waals surface area contributed by atoms with Gasteiger partial charge in [-0.25, -0.2) is 9.78 Å². The average molecular weight is 283 g/mol. The topological polar surface area (TPSA) is 120 Å². The molecular weight excluding hydrogens is 270 g/mol.